The van der Waals surface area contributed by atoms with Crippen LogP contribution >= 0.6 is 0 Å². The van der Waals surface area contributed by atoms with Crippen molar-refractivity contribution < 1.29 is 0 Å². The molecule has 1 saturated carbocycles. The Hall–Kier alpha value is -0.260. The Labute approximate surface area is 64.3 Å². The number of hydrogen-bond acceptors (Lipinski definition) is 0. The van der Waals surface area contributed by atoms with Gasteiger partial charge >= 0.3 is 0 Å². The molecule has 0 heteroatoms. The van der Waals surface area contributed by atoms with Crippen LogP contribution in [-0.2, 0) is 0 Å². The lowest BCUT2D eigenvalue weighted by molar-refractivity contribution is 0.399. The van der Waals surface area contributed by atoms with Crippen LogP contribution in [0.25, 0.3) is 0 Å². The monoisotopic (exact) mass is 137 g/mol. The summed E-state index contributed by atoms with van der Waals surface area (Å²) in [6.07, 6.45) is 8.86. The fraction of sp³-hybridized carbons (Fsp3) is 0.700. The summed E-state index contributed by atoms with van der Waals surface area (Å²) >= 11 is 0. The van der Waals surface area contributed by atoms with E-state index in [1.165, 1.54) is 32.1 Å². The predicted octanol–water partition coefficient (Wildman–Crippen LogP) is 3.35. The molecule has 1 fully saturated rings. The molecule has 0 heterocycles. The van der Waals surface area contributed by atoms with E-state index in [2.05, 4.69) is 19.6 Å². The average molecular weight is 137 g/mol. The fourth-order valence-corrected chi connectivity index (χ4v) is 1.77. The molecule has 1 atom stereocenters. The second-order valence-electron chi connectivity index (χ2n) is 3.31. The zero-order valence-corrected chi connectivity index (χ0v) is 6.90. The molecule has 1 rings (SSSR count). The molecule has 1 radical (unpaired) electrons. The van der Waals surface area contributed by atoms with E-state index in [9.17, 15) is 0 Å². The van der Waals surface area contributed by atoms with E-state index < -0.39 is 0 Å². The molecule has 1 aliphatic carbocycles. The van der Waals surface area contributed by atoms with Crippen molar-refractivity contribution in [2.45, 2.75) is 39.0 Å². The summed E-state index contributed by atoms with van der Waals surface area (Å²) in [5, 5.41) is 0. The topological polar surface area (TPSA) is 0 Å². The molecule has 0 aromatic carbocycles. The SMILES string of the molecule is C=CCC1CCCC[C]1C. The first kappa shape index (κ1) is 7.84. The summed E-state index contributed by atoms with van der Waals surface area (Å²) in [4.78, 5) is 0. The van der Waals surface area contributed by atoms with Crippen molar-refractivity contribution in [3.63, 3.8) is 0 Å². The van der Waals surface area contributed by atoms with Crippen molar-refractivity contribution >= 4 is 0 Å². The summed E-state index contributed by atoms with van der Waals surface area (Å²) in [5.41, 5.74) is 0. The molecule has 0 aromatic heterocycles. The van der Waals surface area contributed by atoms with Crippen molar-refractivity contribution in [2.24, 2.45) is 5.92 Å². The molecule has 0 nitrogen and oxygen atoms in total. The van der Waals surface area contributed by atoms with Crippen LogP contribution in [0.2, 0.25) is 0 Å². The first-order valence-corrected chi connectivity index (χ1v) is 4.28. The number of hydrogen-bond donors (Lipinski definition) is 0. The second kappa shape index (κ2) is 3.80. The Bertz CT molecular complexity index is 105. The third kappa shape index (κ3) is 1.86. The van der Waals surface area contributed by atoms with E-state index in [4.69, 9.17) is 0 Å². The molecule has 0 spiro atoms. The highest BCUT2D eigenvalue weighted by Crippen LogP contribution is 2.33. The van der Waals surface area contributed by atoms with Crippen LogP contribution < -0.4 is 0 Å². The lowest BCUT2D eigenvalue weighted by atomic mass is 9.79. The highest BCUT2D eigenvalue weighted by atomic mass is 14.2. The molecular formula is C10H17. The number of allylic oxidation sites excluding steroid dienone is 1. The third-order valence-electron chi connectivity index (χ3n) is 2.52. The Morgan fingerprint density at radius 1 is 1.60 bits per heavy atom. The van der Waals surface area contributed by atoms with Gasteiger partial charge in [0.1, 0.15) is 0 Å². The van der Waals surface area contributed by atoms with Crippen LogP contribution in [-0.4, -0.2) is 0 Å². The van der Waals surface area contributed by atoms with Gasteiger partial charge in [-0.05, 0) is 31.1 Å². The van der Waals surface area contributed by atoms with E-state index in [1.54, 1.807) is 5.92 Å². The van der Waals surface area contributed by atoms with Crippen molar-refractivity contribution in [3.05, 3.63) is 18.6 Å². The van der Waals surface area contributed by atoms with Gasteiger partial charge in [-0.25, -0.2) is 0 Å². The van der Waals surface area contributed by atoms with Gasteiger partial charge in [-0.1, -0.05) is 25.8 Å². The van der Waals surface area contributed by atoms with Gasteiger partial charge in [0, 0.05) is 0 Å². The standard InChI is InChI=1S/C10H17/c1-3-6-10-8-5-4-7-9(10)2/h3,10H,1,4-8H2,2H3. The maximum absolute atomic E-state index is 3.78. The fourth-order valence-electron chi connectivity index (χ4n) is 1.77. The molecule has 0 aliphatic heterocycles. The maximum Gasteiger partial charge on any atom is -0.0238 e. The molecule has 10 heavy (non-hydrogen) atoms. The van der Waals surface area contributed by atoms with Gasteiger partial charge in [-0.2, -0.15) is 0 Å². The Morgan fingerprint density at radius 2 is 2.40 bits per heavy atom. The molecule has 0 amide bonds. The Balaban J connectivity index is 2.32. The quantitative estimate of drug-likeness (QED) is 0.512. The molecule has 0 N–H and O–H groups in total. The van der Waals surface area contributed by atoms with Crippen molar-refractivity contribution in [1.82, 2.24) is 0 Å². The van der Waals surface area contributed by atoms with E-state index in [0.29, 0.717) is 0 Å². The average Bonchev–Trinajstić information content (AvgIpc) is 1.94. The van der Waals surface area contributed by atoms with Crippen LogP contribution in [0.15, 0.2) is 12.7 Å². The van der Waals surface area contributed by atoms with Crippen LogP contribution in [0, 0.1) is 11.8 Å². The highest BCUT2D eigenvalue weighted by Gasteiger charge is 2.19. The minimum absolute atomic E-state index is 0.867. The van der Waals surface area contributed by atoms with Crippen molar-refractivity contribution in [1.29, 1.82) is 0 Å². The molecule has 0 aromatic rings. The van der Waals surface area contributed by atoms with Crippen molar-refractivity contribution in [3.8, 4) is 0 Å². The van der Waals surface area contributed by atoms with Gasteiger partial charge in [-0.3, -0.25) is 0 Å². The zero-order chi connectivity index (χ0) is 7.40. The van der Waals surface area contributed by atoms with Gasteiger partial charge in [0.25, 0.3) is 0 Å². The predicted molar refractivity (Wildman–Crippen MR) is 45.7 cm³/mol. The normalized spacial score (nSPS) is 28.3. The van der Waals surface area contributed by atoms with Crippen LogP contribution in [0.5, 0.6) is 0 Å². The lowest BCUT2D eigenvalue weighted by Crippen LogP contribution is -2.13. The van der Waals surface area contributed by atoms with E-state index in [0.717, 1.165) is 5.92 Å². The van der Waals surface area contributed by atoms with E-state index >= 15 is 0 Å². The minimum Gasteiger partial charge on any atom is -0.103 e. The van der Waals surface area contributed by atoms with Gasteiger partial charge in [0.2, 0.25) is 0 Å². The summed E-state index contributed by atoms with van der Waals surface area (Å²) in [6, 6.07) is 0. The maximum atomic E-state index is 3.78. The smallest absolute Gasteiger partial charge is 0.0238 e. The largest absolute Gasteiger partial charge is 0.103 e. The van der Waals surface area contributed by atoms with Crippen LogP contribution in [0.4, 0.5) is 0 Å². The third-order valence-corrected chi connectivity index (χ3v) is 2.52. The molecule has 0 saturated heterocycles. The highest BCUT2D eigenvalue weighted by molar-refractivity contribution is 4.97. The van der Waals surface area contributed by atoms with Gasteiger partial charge in [-0.15, -0.1) is 6.58 Å². The summed E-state index contributed by atoms with van der Waals surface area (Å²) < 4.78 is 0. The Morgan fingerprint density at radius 3 is 3.00 bits per heavy atom. The van der Waals surface area contributed by atoms with Crippen LogP contribution in [0.1, 0.15) is 39.0 Å². The summed E-state index contributed by atoms with van der Waals surface area (Å²) in [5.74, 6) is 2.57. The van der Waals surface area contributed by atoms with Gasteiger partial charge < -0.3 is 0 Å². The summed E-state index contributed by atoms with van der Waals surface area (Å²) in [7, 11) is 0. The molecular weight excluding hydrogens is 120 g/mol. The van der Waals surface area contributed by atoms with Gasteiger partial charge in [0.05, 0.1) is 0 Å². The first-order valence-electron chi connectivity index (χ1n) is 4.28. The molecule has 1 unspecified atom stereocenters. The van der Waals surface area contributed by atoms with Gasteiger partial charge in [0.15, 0.2) is 0 Å². The lowest BCUT2D eigenvalue weighted by Gasteiger charge is -2.26. The van der Waals surface area contributed by atoms with E-state index in [-0.39, 0.29) is 0 Å². The number of rotatable bonds is 2. The molecule has 57 valence electrons. The molecule has 0 bridgehead atoms. The van der Waals surface area contributed by atoms with Crippen molar-refractivity contribution in [2.75, 3.05) is 0 Å². The first-order chi connectivity index (χ1) is 4.84. The Kier molecular flexibility index (Phi) is 2.98. The zero-order valence-electron chi connectivity index (χ0n) is 6.90. The van der Waals surface area contributed by atoms with Crippen LogP contribution in [0.3, 0.4) is 0 Å². The minimum atomic E-state index is 0.867. The van der Waals surface area contributed by atoms with E-state index in [1.807, 2.05) is 0 Å². The molecule has 1 aliphatic rings. The second-order valence-corrected chi connectivity index (χ2v) is 3.31. The summed E-state index contributed by atoms with van der Waals surface area (Å²) in [6.45, 7) is 6.07.